The molecule has 5 rings (SSSR count). The van der Waals surface area contributed by atoms with Gasteiger partial charge in [0.05, 0.1) is 17.2 Å². The maximum atomic E-state index is 14.6. The van der Waals surface area contributed by atoms with Crippen LogP contribution in [-0.2, 0) is 20.4 Å². The highest BCUT2D eigenvalue weighted by atomic mass is 16.4. The fraction of sp³-hybridized carbons (Fsp3) is 0.500. The number of phenolic OH excluding ortho intramolecular Hbond substituents is 1. The Hall–Kier alpha value is -4.01. The van der Waals surface area contributed by atoms with Crippen molar-refractivity contribution in [1.82, 2.24) is 0 Å². The van der Waals surface area contributed by atoms with Gasteiger partial charge in [-0.25, -0.2) is 0 Å². The number of fused-ring (bicyclic) bond motifs is 3. The van der Waals surface area contributed by atoms with E-state index in [1.165, 1.54) is 6.92 Å². The Morgan fingerprint density at radius 1 is 0.880 bits per heavy atom. The van der Waals surface area contributed by atoms with Crippen LogP contribution in [0, 0.1) is 22.7 Å². The number of carbonyl (C=O) groups excluding carboxylic acids is 3. The Kier molecular flexibility index (Phi) is 8.57. The largest absolute Gasteiger partial charge is 0.508 e. The molecule has 8 nitrogen and oxygen atoms in total. The summed E-state index contributed by atoms with van der Waals surface area (Å²) < 4.78 is 0. The number of phenols is 1. The number of hydrogen-bond acceptors (Lipinski definition) is 8. The molecule has 50 heavy (non-hydrogen) atoms. The van der Waals surface area contributed by atoms with Gasteiger partial charge in [-0.15, -0.1) is 0 Å². The maximum absolute atomic E-state index is 14.6. The molecule has 2 aromatic carbocycles. The predicted molar refractivity (Wildman–Crippen MR) is 194 cm³/mol. The minimum atomic E-state index is -2.85. The summed E-state index contributed by atoms with van der Waals surface area (Å²) in [7, 11) is 0. The van der Waals surface area contributed by atoms with E-state index >= 15 is 0 Å². The van der Waals surface area contributed by atoms with E-state index in [9.17, 15) is 39.9 Å². The van der Waals surface area contributed by atoms with Crippen LogP contribution in [0.1, 0.15) is 127 Å². The highest BCUT2D eigenvalue weighted by Gasteiger charge is 2.75. The first kappa shape index (κ1) is 37.3. The van der Waals surface area contributed by atoms with Gasteiger partial charge >= 0.3 is 0 Å². The zero-order valence-corrected chi connectivity index (χ0v) is 31.3. The van der Waals surface area contributed by atoms with Gasteiger partial charge in [0.15, 0.2) is 23.0 Å². The summed E-state index contributed by atoms with van der Waals surface area (Å²) >= 11 is 0. The monoisotopic (exact) mass is 684 g/mol. The predicted octanol–water partition coefficient (Wildman–Crippen LogP) is 7.64. The number of ketones is 3. The number of hydrogen-bond donors (Lipinski definition) is 5. The number of rotatable bonds is 4. The van der Waals surface area contributed by atoms with E-state index in [2.05, 4.69) is 59.7 Å². The molecule has 0 amide bonds. The lowest BCUT2D eigenvalue weighted by atomic mass is 9.41. The van der Waals surface area contributed by atoms with Gasteiger partial charge in [-0.1, -0.05) is 119 Å². The standard InChI is InChI=1S/C42H52O8/c1-20(2)30-33(45)28(22(4)43)35(47)42(50)36(48)31-34(46)29-27(21(3)40(31,11)37(49)41(30,42)12)16-15-24(32(29)44)14-13-23-17-25(38(5,6)7)19-26(18-23)39(8,9)10/h13-21,30,37,44,47-50H,1-12H3/b14-13+/t21-,30?,37-,40+,41+,42+/m1/s1. The minimum Gasteiger partial charge on any atom is -0.508 e. The first-order valence-corrected chi connectivity index (χ1v) is 17.4. The Labute approximate surface area is 295 Å². The van der Waals surface area contributed by atoms with Crippen LogP contribution < -0.4 is 0 Å². The van der Waals surface area contributed by atoms with Crippen molar-refractivity contribution in [2.45, 2.75) is 112 Å². The van der Waals surface area contributed by atoms with Crippen LogP contribution in [0.25, 0.3) is 12.2 Å². The average molecular weight is 685 g/mol. The first-order chi connectivity index (χ1) is 22.8. The maximum Gasteiger partial charge on any atom is 0.197 e. The molecule has 0 bridgehead atoms. The first-order valence-electron chi connectivity index (χ1n) is 17.4. The Morgan fingerprint density at radius 3 is 1.90 bits per heavy atom. The number of aliphatic hydroxyl groups excluding tert-OH is 3. The molecule has 3 aliphatic rings. The lowest BCUT2D eigenvalue weighted by molar-refractivity contribution is -0.211. The zero-order chi connectivity index (χ0) is 37.8. The van der Waals surface area contributed by atoms with Crippen LogP contribution in [0.15, 0.2) is 53.0 Å². The summed E-state index contributed by atoms with van der Waals surface area (Å²) in [6, 6.07) is 9.82. The van der Waals surface area contributed by atoms with Gasteiger partial charge in [0, 0.05) is 22.3 Å². The van der Waals surface area contributed by atoms with Gasteiger partial charge in [0.2, 0.25) is 0 Å². The molecule has 8 heteroatoms. The molecule has 0 heterocycles. The number of aromatic hydroxyl groups is 1. The third-order valence-corrected chi connectivity index (χ3v) is 12.0. The van der Waals surface area contributed by atoms with Crippen molar-refractivity contribution in [3.05, 3.63) is 86.4 Å². The van der Waals surface area contributed by atoms with Gasteiger partial charge in [-0.05, 0) is 51.8 Å². The van der Waals surface area contributed by atoms with Crippen LogP contribution in [0.2, 0.25) is 0 Å². The number of aliphatic hydroxyl groups is 4. The Bertz CT molecular complexity index is 1900. The number of carbonyl (C=O) groups is 3. The second-order valence-electron chi connectivity index (χ2n) is 17.5. The van der Waals surface area contributed by atoms with Crippen molar-refractivity contribution >= 4 is 29.5 Å². The molecule has 268 valence electrons. The molecule has 0 saturated heterocycles. The van der Waals surface area contributed by atoms with Gasteiger partial charge in [-0.3, -0.25) is 14.4 Å². The number of allylic oxidation sites excluding steroid dienone is 1. The number of benzene rings is 2. The van der Waals surface area contributed by atoms with Crippen LogP contribution in [-0.4, -0.2) is 54.6 Å². The van der Waals surface area contributed by atoms with Gasteiger partial charge in [-0.2, -0.15) is 0 Å². The molecule has 2 aromatic rings. The Balaban J connectivity index is 1.74. The molecule has 0 spiro atoms. The highest BCUT2D eigenvalue weighted by Crippen LogP contribution is 2.67. The summed E-state index contributed by atoms with van der Waals surface area (Å²) in [4.78, 5) is 41.1. The molecule has 0 radical (unpaired) electrons. The second kappa shape index (κ2) is 11.5. The number of Topliss-reactive ketones (excluding diaryl/α,β-unsaturated/α-hetero) is 3. The lowest BCUT2D eigenvalue weighted by Gasteiger charge is -2.63. The van der Waals surface area contributed by atoms with Gasteiger partial charge in [0.1, 0.15) is 22.8 Å². The van der Waals surface area contributed by atoms with E-state index in [-0.39, 0.29) is 27.7 Å². The summed E-state index contributed by atoms with van der Waals surface area (Å²) in [6.07, 6.45) is 1.93. The SMILES string of the molecule is CC(=O)C1=C(O)[C@]2(O)C(O)=C3C(=O)c4c(ccc(/C=C/c5cc(C(C)(C)C)cc(C(C)(C)C)c5)c4O)[C@@H](C)[C@]3(C)[C@@H](O)[C@]2(C)C(C(C)C)C1=O. The van der Waals surface area contributed by atoms with Crippen LogP contribution >= 0.6 is 0 Å². The molecule has 0 aliphatic heterocycles. The van der Waals surface area contributed by atoms with E-state index < -0.39 is 74.7 Å². The summed E-state index contributed by atoms with van der Waals surface area (Å²) in [5.74, 6) is -7.25. The fourth-order valence-corrected chi connectivity index (χ4v) is 8.88. The van der Waals surface area contributed by atoms with Crippen LogP contribution in [0.4, 0.5) is 0 Å². The van der Waals surface area contributed by atoms with Crippen molar-refractivity contribution in [2.75, 3.05) is 0 Å². The molecular formula is C42H52O8. The smallest absolute Gasteiger partial charge is 0.197 e. The van der Waals surface area contributed by atoms with E-state index in [1.54, 1.807) is 45.9 Å². The van der Waals surface area contributed by atoms with Crippen molar-refractivity contribution < 1.29 is 39.9 Å². The molecule has 5 N–H and O–H groups in total. The van der Waals surface area contributed by atoms with Crippen molar-refractivity contribution in [3.63, 3.8) is 0 Å². The summed E-state index contributed by atoms with van der Waals surface area (Å²) in [5, 5.41) is 60.0. The van der Waals surface area contributed by atoms with Crippen LogP contribution in [0.5, 0.6) is 5.75 Å². The fourth-order valence-electron chi connectivity index (χ4n) is 8.88. The molecule has 0 saturated carbocycles. The van der Waals surface area contributed by atoms with E-state index in [0.29, 0.717) is 11.1 Å². The topological polar surface area (TPSA) is 152 Å². The van der Waals surface area contributed by atoms with E-state index in [0.717, 1.165) is 23.6 Å². The molecule has 6 atom stereocenters. The summed E-state index contributed by atoms with van der Waals surface area (Å²) in [6.45, 7) is 22.1. The third kappa shape index (κ3) is 4.89. The third-order valence-electron chi connectivity index (χ3n) is 12.0. The summed E-state index contributed by atoms with van der Waals surface area (Å²) in [5.41, 5.74) is -3.77. The molecule has 1 unspecified atom stereocenters. The van der Waals surface area contributed by atoms with Crippen molar-refractivity contribution in [2.24, 2.45) is 22.7 Å². The normalized spacial score (nSPS) is 30.2. The van der Waals surface area contributed by atoms with Gasteiger partial charge in [0.25, 0.3) is 0 Å². The molecule has 3 aliphatic carbocycles. The quantitative estimate of drug-likeness (QED) is 0.163. The second-order valence-corrected chi connectivity index (χ2v) is 17.5. The highest BCUT2D eigenvalue weighted by molar-refractivity contribution is 6.22. The minimum absolute atomic E-state index is 0.0977. The van der Waals surface area contributed by atoms with Gasteiger partial charge < -0.3 is 25.5 Å². The van der Waals surface area contributed by atoms with E-state index in [1.807, 2.05) is 6.08 Å². The zero-order valence-electron chi connectivity index (χ0n) is 31.3. The van der Waals surface area contributed by atoms with E-state index in [4.69, 9.17) is 0 Å². The Morgan fingerprint density at radius 2 is 1.42 bits per heavy atom. The van der Waals surface area contributed by atoms with Crippen molar-refractivity contribution in [1.29, 1.82) is 0 Å². The van der Waals surface area contributed by atoms with Crippen LogP contribution in [0.3, 0.4) is 0 Å². The average Bonchev–Trinajstić information content (AvgIpc) is 2.99. The molecule has 0 aromatic heterocycles. The van der Waals surface area contributed by atoms with Crippen molar-refractivity contribution in [3.8, 4) is 5.75 Å². The molecule has 0 fully saturated rings. The lowest BCUT2D eigenvalue weighted by Crippen LogP contribution is -2.72. The molecular weight excluding hydrogens is 632 g/mol.